The molecule has 0 aliphatic carbocycles. The van der Waals surface area contributed by atoms with Gasteiger partial charge in [0.15, 0.2) is 0 Å². The first-order valence-corrected chi connectivity index (χ1v) is 3.97. The molecule has 58 valence electrons. The third-order valence-electron chi connectivity index (χ3n) is 2.26. The molecule has 1 unspecified atom stereocenters. The van der Waals surface area contributed by atoms with Crippen molar-refractivity contribution in [2.75, 3.05) is 20.1 Å². The minimum Gasteiger partial charge on any atom is -0.302 e. The number of piperidine rings is 1. The van der Waals surface area contributed by atoms with Gasteiger partial charge in [0.05, 0.1) is 6.54 Å². The summed E-state index contributed by atoms with van der Waals surface area (Å²) >= 11 is 0. The van der Waals surface area contributed by atoms with Gasteiger partial charge in [0.25, 0.3) is 0 Å². The largest absolute Gasteiger partial charge is 0.302 e. The minimum atomic E-state index is 0.672. The third-order valence-corrected chi connectivity index (χ3v) is 2.26. The van der Waals surface area contributed by atoms with Crippen molar-refractivity contribution in [2.24, 2.45) is 4.99 Å². The SMILES string of the molecule is C=NCC1CCCCN1C. The summed E-state index contributed by atoms with van der Waals surface area (Å²) in [6.45, 7) is 5.66. The Labute approximate surface area is 62.9 Å². The van der Waals surface area contributed by atoms with Crippen LogP contribution in [-0.2, 0) is 0 Å². The molecule has 0 spiro atoms. The van der Waals surface area contributed by atoms with Gasteiger partial charge in [-0.15, -0.1) is 0 Å². The summed E-state index contributed by atoms with van der Waals surface area (Å²) < 4.78 is 0. The molecular weight excluding hydrogens is 124 g/mol. The van der Waals surface area contributed by atoms with Gasteiger partial charge in [-0.2, -0.15) is 0 Å². The average Bonchev–Trinajstić information content (AvgIpc) is 1.94. The maximum atomic E-state index is 3.92. The Morgan fingerprint density at radius 1 is 1.60 bits per heavy atom. The molecule has 1 atom stereocenters. The monoisotopic (exact) mass is 140 g/mol. The second-order valence-electron chi connectivity index (χ2n) is 3.04. The van der Waals surface area contributed by atoms with E-state index in [1.165, 1.54) is 25.8 Å². The molecule has 0 radical (unpaired) electrons. The number of likely N-dealkylation sites (tertiary alicyclic amines) is 1. The highest BCUT2D eigenvalue weighted by molar-refractivity contribution is 5.23. The Kier molecular flexibility index (Phi) is 2.87. The molecule has 1 aliphatic rings. The first kappa shape index (κ1) is 7.73. The minimum absolute atomic E-state index is 0.672. The van der Waals surface area contributed by atoms with Crippen molar-refractivity contribution in [1.82, 2.24) is 4.90 Å². The summed E-state index contributed by atoms with van der Waals surface area (Å²) in [5.41, 5.74) is 0. The number of likely N-dealkylation sites (N-methyl/N-ethyl adjacent to an activating group) is 1. The van der Waals surface area contributed by atoms with Crippen LogP contribution in [0.15, 0.2) is 4.99 Å². The summed E-state index contributed by atoms with van der Waals surface area (Å²) in [6.07, 6.45) is 4.02. The molecule has 1 rings (SSSR count). The number of hydrogen-bond acceptors (Lipinski definition) is 2. The van der Waals surface area contributed by atoms with Crippen LogP contribution in [0.25, 0.3) is 0 Å². The zero-order valence-corrected chi connectivity index (χ0v) is 6.71. The maximum Gasteiger partial charge on any atom is 0.0537 e. The number of rotatable bonds is 2. The lowest BCUT2D eigenvalue weighted by molar-refractivity contribution is 0.191. The van der Waals surface area contributed by atoms with Gasteiger partial charge in [-0.25, -0.2) is 0 Å². The quantitative estimate of drug-likeness (QED) is 0.526. The van der Waals surface area contributed by atoms with E-state index in [-0.39, 0.29) is 0 Å². The van der Waals surface area contributed by atoms with E-state index < -0.39 is 0 Å². The van der Waals surface area contributed by atoms with Crippen LogP contribution in [0.1, 0.15) is 19.3 Å². The van der Waals surface area contributed by atoms with Gasteiger partial charge < -0.3 is 4.90 Å². The van der Waals surface area contributed by atoms with Crippen LogP contribution in [0.5, 0.6) is 0 Å². The van der Waals surface area contributed by atoms with Crippen LogP contribution in [0.2, 0.25) is 0 Å². The average molecular weight is 140 g/mol. The summed E-state index contributed by atoms with van der Waals surface area (Å²) in [5, 5.41) is 0. The van der Waals surface area contributed by atoms with Crippen LogP contribution >= 0.6 is 0 Å². The van der Waals surface area contributed by atoms with E-state index in [0.29, 0.717) is 6.04 Å². The predicted octanol–water partition coefficient (Wildman–Crippen LogP) is 1.17. The topological polar surface area (TPSA) is 15.6 Å². The molecule has 0 bridgehead atoms. The fourth-order valence-corrected chi connectivity index (χ4v) is 1.52. The molecule has 0 aromatic rings. The molecule has 2 nitrogen and oxygen atoms in total. The highest BCUT2D eigenvalue weighted by Gasteiger charge is 2.17. The fraction of sp³-hybridized carbons (Fsp3) is 0.875. The van der Waals surface area contributed by atoms with Gasteiger partial charge in [-0.1, -0.05) is 6.42 Å². The lowest BCUT2D eigenvalue weighted by Crippen LogP contribution is -2.38. The van der Waals surface area contributed by atoms with Crippen molar-refractivity contribution >= 4 is 6.72 Å². The summed E-state index contributed by atoms with van der Waals surface area (Å²) in [7, 11) is 2.18. The van der Waals surface area contributed by atoms with Crippen molar-refractivity contribution in [3.63, 3.8) is 0 Å². The summed E-state index contributed by atoms with van der Waals surface area (Å²) in [4.78, 5) is 6.31. The normalized spacial score (nSPS) is 28.3. The van der Waals surface area contributed by atoms with Gasteiger partial charge >= 0.3 is 0 Å². The highest BCUT2D eigenvalue weighted by Crippen LogP contribution is 2.14. The number of hydrogen-bond donors (Lipinski definition) is 0. The summed E-state index contributed by atoms with van der Waals surface area (Å²) in [6, 6.07) is 0.672. The predicted molar refractivity (Wildman–Crippen MR) is 44.7 cm³/mol. The van der Waals surface area contributed by atoms with E-state index in [1.807, 2.05) is 0 Å². The van der Waals surface area contributed by atoms with Crippen LogP contribution in [0.4, 0.5) is 0 Å². The molecule has 2 heteroatoms. The Balaban J connectivity index is 2.32. The molecule has 0 aromatic heterocycles. The van der Waals surface area contributed by atoms with Gasteiger partial charge in [0.1, 0.15) is 0 Å². The lowest BCUT2D eigenvalue weighted by atomic mass is 10.0. The van der Waals surface area contributed by atoms with Gasteiger partial charge in [-0.05, 0) is 33.2 Å². The molecule has 1 heterocycles. The van der Waals surface area contributed by atoms with E-state index in [4.69, 9.17) is 0 Å². The first-order chi connectivity index (χ1) is 4.84. The van der Waals surface area contributed by atoms with Gasteiger partial charge in [-0.3, -0.25) is 4.99 Å². The Bertz CT molecular complexity index is 112. The fourth-order valence-electron chi connectivity index (χ4n) is 1.52. The van der Waals surface area contributed by atoms with Crippen LogP contribution in [-0.4, -0.2) is 37.8 Å². The Morgan fingerprint density at radius 3 is 3.00 bits per heavy atom. The molecule has 0 aromatic carbocycles. The second-order valence-corrected chi connectivity index (χ2v) is 3.04. The first-order valence-electron chi connectivity index (χ1n) is 3.97. The Morgan fingerprint density at radius 2 is 2.40 bits per heavy atom. The van der Waals surface area contributed by atoms with Gasteiger partial charge in [0.2, 0.25) is 0 Å². The van der Waals surface area contributed by atoms with Crippen molar-refractivity contribution in [2.45, 2.75) is 25.3 Å². The summed E-state index contributed by atoms with van der Waals surface area (Å²) in [5.74, 6) is 0. The molecule has 1 fully saturated rings. The van der Waals surface area contributed by atoms with E-state index in [1.54, 1.807) is 0 Å². The molecule has 1 saturated heterocycles. The Hall–Kier alpha value is -0.370. The van der Waals surface area contributed by atoms with Crippen LogP contribution in [0.3, 0.4) is 0 Å². The number of aliphatic imine (C=N–C) groups is 1. The molecule has 1 aliphatic heterocycles. The van der Waals surface area contributed by atoms with Crippen LogP contribution in [0, 0.1) is 0 Å². The molecule has 0 amide bonds. The van der Waals surface area contributed by atoms with Crippen molar-refractivity contribution in [3.8, 4) is 0 Å². The zero-order chi connectivity index (χ0) is 7.40. The van der Waals surface area contributed by atoms with Crippen molar-refractivity contribution < 1.29 is 0 Å². The van der Waals surface area contributed by atoms with Gasteiger partial charge in [0, 0.05) is 6.04 Å². The smallest absolute Gasteiger partial charge is 0.0537 e. The molecule has 0 N–H and O–H groups in total. The standard InChI is InChI=1S/C8H16N2/c1-9-7-8-5-3-4-6-10(8)2/h8H,1,3-7H2,2H3. The molecule has 0 saturated carbocycles. The number of nitrogens with zero attached hydrogens (tertiary/aromatic N) is 2. The molecular formula is C8H16N2. The maximum absolute atomic E-state index is 3.92. The van der Waals surface area contributed by atoms with E-state index in [9.17, 15) is 0 Å². The van der Waals surface area contributed by atoms with E-state index in [2.05, 4.69) is 23.7 Å². The zero-order valence-electron chi connectivity index (χ0n) is 6.71. The second kappa shape index (κ2) is 3.71. The highest BCUT2D eigenvalue weighted by atomic mass is 15.1. The van der Waals surface area contributed by atoms with Crippen molar-refractivity contribution in [1.29, 1.82) is 0 Å². The third kappa shape index (κ3) is 1.81. The molecule has 10 heavy (non-hydrogen) atoms. The van der Waals surface area contributed by atoms with Crippen LogP contribution < -0.4 is 0 Å². The lowest BCUT2D eigenvalue weighted by Gasteiger charge is -2.30. The van der Waals surface area contributed by atoms with E-state index >= 15 is 0 Å². The van der Waals surface area contributed by atoms with E-state index in [0.717, 1.165) is 6.54 Å². The van der Waals surface area contributed by atoms with Crippen molar-refractivity contribution in [3.05, 3.63) is 0 Å².